The van der Waals surface area contributed by atoms with E-state index in [1.807, 2.05) is 18.2 Å². The first-order valence-corrected chi connectivity index (χ1v) is 8.97. The number of guanidine groups is 1. The number of amides is 2. The lowest BCUT2D eigenvalue weighted by molar-refractivity contribution is -0.128. The van der Waals surface area contributed by atoms with Crippen LogP contribution >= 0.6 is 0 Å². The number of nitrogens with zero attached hydrogens (tertiary/aromatic N) is 5. The SMILES string of the molecule is CN1C(=O)CC(C)(c2cc(NC(=O)c3cnc4ccccc4n3)ccn2)N=C1N. The molecule has 1 aromatic carbocycles. The molecule has 0 saturated heterocycles. The number of aromatic nitrogens is 3. The molecule has 0 fully saturated rings. The highest BCUT2D eigenvalue weighted by Gasteiger charge is 2.37. The minimum atomic E-state index is -0.906. The van der Waals surface area contributed by atoms with Crippen LogP contribution in [0.2, 0.25) is 0 Å². The number of anilines is 1. The van der Waals surface area contributed by atoms with Gasteiger partial charge < -0.3 is 11.1 Å². The molecule has 2 amide bonds. The minimum absolute atomic E-state index is 0.130. The molecule has 2 aromatic heterocycles. The van der Waals surface area contributed by atoms with Crippen LogP contribution in [0.1, 0.15) is 29.5 Å². The molecule has 1 atom stereocenters. The lowest BCUT2D eigenvalue weighted by Crippen LogP contribution is -2.47. The zero-order chi connectivity index (χ0) is 20.6. The Morgan fingerprint density at radius 3 is 2.72 bits per heavy atom. The summed E-state index contributed by atoms with van der Waals surface area (Å²) in [6.45, 7) is 1.79. The van der Waals surface area contributed by atoms with Gasteiger partial charge in [0.25, 0.3) is 5.91 Å². The molecular weight excluding hydrogens is 370 g/mol. The first kappa shape index (κ1) is 18.5. The highest BCUT2D eigenvalue weighted by molar-refractivity contribution is 6.03. The van der Waals surface area contributed by atoms with Crippen molar-refractivity contribution in [3.05, 3.63) is 60.2 Å². The number of aliphatic imine (C=N–C) groups is 1. The van der Waals surface area contributed by atoms with E-state index in [-0.39, 0.29) is 24.0 Å². The van der Waals surface area contributed by atoms with Crippen LogP contribution in [-0.2, 0) is 10.3 Å². The summed E-state index contributed by atoms with van der Waals surface area (Å²) in [5, 5.41) is 2.79. The van der Waals surface area contributed by atoms with Crippen LogP contribution in [0.5, 0.6) is 0 Å². The van der Waals surface area contributed by atoms with Gasteiger partial charge in [-0.3, -0.25) is 24.5 Å². The summed E-state index contributed by atoms with van der Waals surface area (Å²) in [6, 6.07) is 10.7. The van der Waals surface area contributed by atoms with Crippen LogP contribution < -0.4 is 11.1 Å². The molecule has 1 aliphatic heterocycles. The molecule has 146 valence electrons. The number of fused-ring (bicyclic) bond motifs is 1. The van der Waals surface area contributed by atoms with Gasteiger partial charge in [0.05, 0.1) is 29.3 Å². The molecule has 29 heavy (non-hydrogen) atoms. The predicted molar refractivity (Wildman–Crippen MR) is 108 cm³/mol. The summed E-state index contributed by atoms with van der Waals surface area (Å²) < 4.78 is 0. The number of hydrogen-bond acceptors (Lipinski definition) is 7. The van der Waals surface area contributed by atoms with Crippen molar-refractivity contribution in [3.63, 3.8) is 0 Å². The van der Waals surface area contributed by atoms with Gasteiger partial charge in [-0.2, -0.15) is 0 Å². The van der Waals surface area contributed by atoms with Gasteiger partial charge in [-0.25, -0.2) is 9.98 Å². The molecule has 1 unspecified atom stereocenters. The second-order valence-corrected chi connectivity index (χ2v) is 7.00. The summed E-state index contributed by atoms with van der Waals surface area (Å²) in [4.78, 5) is 43.5. The molecule has 3 heterocycles. The first-order chi connectivity index (χ1) is 13.9. The summed E-state index contributed by atoms with van der Waals surface area (Å²) in [7, 11) is 1.58. The van der Waals surface area contributed by atoms with Gasteiger partial charge in [0.2, 0.25) is 5.91 Å². The zero-order valence-corrected chi connectivity index (χ0v) is 16.0. The average Bonchev–Trinajstić information content (AvgIpc) is 2.72. The number of nitrogens with two attached hydrogens (primary N) is 1. The van der Waals surface area contributed by atoms with Crippen molar-refractivity contribution in [1.29, 1.82) is 0 Å². The van der Waals surface area contributed by atoms with E-state index in [2.05, 4.69) is 25.3 Å². The summed E-state index contributed by atoms with van der Waals surface area (Å²) in [6.07, 6.45) is 3.11. The molecule has 9 heteroatoms. The highest BCUT2D eigenvalue weighted by Crippen LogP contribution is 2.32. The highest BCUT2D eigenvalue weighted by atomic mass is 16.2. The minimum Gasteiger partial charge on any atom is -0.369 e. The van der Waals surface area contributed by atoms with E-state index in [4.69, 9.17) is 5.73 Å². The third-order valence-corrected chi connectivity index (χ3v) is 4.83. The second-order valence-electron chi connectivity index (χ2n) is 7.00. The van der Waals surface area contributed by atoms with Crippen molar-refractivity contribution in [2.24, 2.45) is 10.7 Å². The molecule has 0 bridgehead atoms. The Hall–Kier alpha value is -3.88. The third-order valence-electron chi connectivity index (χ3n) is 4.83. The first-order valence-electron chi connectivity index (χ1n) is 8.97. The van der Waals surface area contributed by atoms with Crippen molar-refractivity contribution in [2.45, 2.75) is 18.9 Å². The van der Waals surface area contributed by atoms with Gasteiger partial charge in [-0.1, -0.05) is 12.1 Å². The Kier molecular flexibility index (Phi) is 4.42. The fourth-order valence-electron chi connectivity index (χ4n) is 3.12. The van der Waals surface area contributed by atoms with Crippen LogP contribution in [0, 0.1) is 0 Å². The van der Waals surface area contributed by atoms with Crippen molar-refractivity contribution >= 4 is 34.5 Å². The number of pyridine rings is 1. The Balaban J connectivity index is 1.60. The van der Waals surface area contributed by atoms with E-state index in [0.717, 1.165) is 0 Å². The third kappa shape index (κ3) is 3.49. The van der Waals surface area contributed by atoms with Crippen LogP contribution in [-0.4, -0.2) is 44.7 Å². The van der Waals surface area contributed by atoms with E-state index in [1.165, 1.54) is 11.1 Å². The predicted octanol–water partition coefficient (Wildman–Crippen LogP) is 1.67. The van der Waals surface area contributed by atoms with E-state index in [9.17, 15) is 9.59 Å². The number of hydrogen-bond donors (Lipinski definition) is 2. The molecular formula is C20H19N7O2. The molecule has 4 rings (SSSR count). The lowest BCUT2D eigenvalue weighted by atomic mass is 9.91. The number of carbonyl (C=O) groups is 2. The molecule has 0 aliphatic carbocycles. The molecule has 0 radical (unpaired) electrons. The van der Waals surface area contributed by atoms with Gasteiger partial charge in [0, 0.05) is 18.9 Å². The molecule has 1 aliphatic rings. The number of rotatable bonds is 3. The monoisotopic (exact) mass is 389 g/mol. The van der Waals surface area contributed by atoms with E-state index >= 15 is 0 Å². The van der Waals surface area contributed by atoms with Crippen LogP contribution in [0.25, 0.3) is 11.0 Å². The van der Waals surface area contributed by atoms with Crippen molar-refractivity contribution in [3.8, 4) is 0 Å². The molecule has 0 spiro atoms. The Bertz CT molecular complexity index is 1160. The average molecular weight is 389 g/mol. The van der Waals surface area contributed by atoms with Gasteiger partial charge in [-0.15, -0.1) is 0 Å². The fourth-order valence-corrected chi connectivity index (χ4v) is 3.12. The maximum atomic E-state index is 12.6. The summed E-state index contributed by atoms with van der Waals surface area (Å²) >= 11 is 0. The van der Waals surface area contributed by atoms with E-state index < -0.39 is 11.4 Å². The van der Waals surface area contributed by atoms with Crippen molar-refractivity contribution in [2.75, 3.05) is 12.4 Å². The van der Waals surface area contributed by atoms with Crippen LogP contribution in [0.15, 0.2) is 53.8 Å². The second kappa shape index (κ2) is 6.93. The van der Waals surface area contributed by atoms with Gasteiger partial charge in [0.1, 0.15) is 11.2 Å². The number of benzene rings is 1. The van der Waals surface area contributed by atoms with E-state index in [1.54, 1.807) is 38.4 Å². The Morgan fingerprint density at radius 2 is 1.97 bits per heavy atom. The Morgan fingerprint density at radius 1 is 1.21 bits per heavy atom. The molecule has 3 aromatic rings. The summed E-state index contributed by atoms with van der Waals surface area (Å²) in [5.74, 6) is -0.415. The van der Waals surface area contributed by atoms with Gasteiger partial charge in [-0.05, 0) is 31.2 Å². The standard InChI is InChI=1S/C20H19N7O2/c1-20(10-17(28)27(2)19(21)26-20)16-9-12(7-8-22-16)24-18(29)15-11-23-13-5-3-4-6-14(13)25-15/h3-9,11H,10H2,1-2H3,(H2,21,26)(H,22,24,29). The molecule has 3 N–H and O–H groups in total. The lowest BCUT2D eigenvalue weighted by Gasteiger charge is -2.32. The van der Waals surface area contributed by atoms with Gasteiger partial charge >= 0.3 is 0 Å². The number of carbonyl (C=O) groups excluding carboxylic acids is 2. The zero-order valence-electron chi connectivity index (χ0n) is 16.0. The Labute approximate surface area is 166 Å². The largest absolute Gasteiger partial charge is 0.369 e. The smallest absolute Gasteiger partial charge is 0.275 e. The number of nitrogens with one attached hydrogen (secondary N) is 1. The maximum absolute atomic E-state index is 12.6. The normalized spacial score (nSPS) is 19.2. The fraction of sp³-hybridized carbons (Fsp3) is 0.200. The molecule has 0 saturated carbocycles. The van der Waals surface area contributed by atoms with Crippen LogP contribution in [0.4, 0.5) is 5.69 Å². The van der Waals surface area contributed by atoms with Gasteiger partial charge in [0.15, 0.2) is 5.96 Å². The summed E-state index contributed by atoms with van der Waals surface area (Å²) in [5.41, 5.74) is 7.55. The quantitative estimate of drug-likeness (QED) is 0.702. The maximum Gasteiger partial charge on any atom is 0.275 e. The molecule has 9 nitrogen and oxygen atoms in total. The number of para-hydroxylation sites is 2. The van der Waals surface area contributed by atoms with Crippen LogP contribution in [0.3, 0.4) is 0 Å². The topological polar surface area (TPSA) is 126 Å². The van der Waals surface area contributed by atoms with Crippen molar-refractivity contribution < 1.29 is 9.59 Å². The van der Waals surface area contributed by atoms with E-state index in [0.29, 0.717) is 22.4 Å². The van der Waals surface area contributed by atoms with Crippen molar-refractivity contribution in [1.82, 2.24) is 19.9 Å².